The van der Waals surface area contributed by atoms with Crippen LogP contribution in [0.2, 0.25) is 0 Å². The molecule has 1 aliphatic rings. The van der Waals surface area contributed by atoms with Crippen molar-refractivity contribution in [3.63, 3.8) is 0 Å². The van der Waals surface area contributed by atoms with Crippen LogP contribution in [0.1, 0.15) is 22.3 Å². The number of carbonyl (C=O) groups excluding carboxylic acids is 1. The minimum atomic E-state index is -0.278. The Morgan fingerprint density at radius 3 is 2.72 bits per heavy atom. The maximum absolute atomic E-state index is 14.2. The minimum absolute atomic E-state index is 0.0229. The predicted octanol–water partition coefficient (Wildman–Crippen LogP) is 4.39. The lowest BCUT2D eigenvalue weighted by molar-refractivity contribution is -0.128. The standard InChI is InChI=1S/C21H21FN4OS2/c1-14-7-3-6-10-18(14)26-15(2)23-24-21(26)29-13-19(27)25-11-12-28-20(25)16-8-4-5-9-17(16)22/h3-10,20H,11-13H2,1-2H3. The number of para-hydroxylation sites is 1. The number of hydrogen-bond acceptors (Lipinski definition) is 5. The zero-order valence-corrected chi connectivity index (χ0v) is 17.8. The Morgan fingerprint density at radius 2 is 1.93 bits per heavy atom. The van der Waals surface area contributed by atoms with E-state index in [2.05, 4.69) is 10.2 Å². The Balaban J connectivity index is 1.51. The Morgan fingerprint density at radius 1 is 1.17 bits per heavy atom. The van der Waals surface area contributed by atoms with E-state index in [0.29, 0.717) is 17.3 Å². The van der Waals surface area contributed by atoms with Crippen molar-refractivity contribution in [3.05, 3.63) is 71.3 Å². The molecule has 1 amide bonds. The van der Waals surface area contributed by atoms with Crippen molar-refractivity contribution >= 4 is 29.4 Å². The Labute approximate surface area is 177 Å². The second-order valence-corrected chi connectivity index (χ2v) is 8.90. The average molecular weight is 429 g/mol. The van der Waals surface area contributed by atoms with Gasteiger partial charge < -0.3 is 4.90 Å². The van der Waals surface area contributed by atoms with Crippen LogP contribution in [0.15, 0.2) is 53.7 Å². The van der Waals surface area contributed by atoms with Crippen LogP contribution in [0.5, 0.6) is 0 Å². The topological polar surface area (TPSA) is 51.0 Å². The van der Waals surface area contributed by atoms with Crippen molar-refractivity contribution in [3.8, 4) is 5.69 Å². The molecule has 1 unspecified atom stereocenters. The molecule has 2 heterocycles. The summed E-state index contributed by atoms with van der Waals surface area (Å²) >= 11 is 2.96. The van der Waals surface area contributed by atoms with Gasteiger partial charge in [-0.05, 0) is 31.5 Å². The second-order valence-electron chi connectivity index (χ2n) is 6.77. The fourth-order valence-electron chi connectivity index (χ4n) is 3.40. The van der Waals surface area contributed by atoms with E-state index in [1.165, 1.54) is 17.8 Å². The molecule has 1 saturated heterocycles. The minimum Gasteiger partial charge on any atom is -0.325 e. The van der Waals surface area contributed by atoms with Gasteiger partial charge in [-0.3, -0.25) is 9.36 Å². The Bertz CT molecular complexity index is 1040. The number of rotatable bonds is 5. The van der Waals surface area contributed by atoms with Gasteiger partial charge in [0.1, 0.15) is 17.0 Å². The zero-order chi connectivity index (χ0) is 20.4. The first-order valence-corrected chi connectivity index (χ1v) is 11.4. The molecule has 0 bridgehead atoms. The molecule has 1 fully saturated rings. The fraction of sp³-hybridized carbons (Fsp3) is 0.286. The fourth-order valence-corrected chi connectivity index (χ4v) is 5.57. The van der Waals surface area contributed by atoms with Crippen molar-refractivity contribution in [2.24, 2.45) is 0 Å². The van der Waals surface area contributed by atoms with Crippen molar-refractivity contribution in [1.82, 2.24) is 19.7 Å². The van der Waals surface area contributed by atoms with Crippen LogP contribution in [0.3, 0.4) is 0 Å². The number of carbonyl (C=O) groups is 1. The van der Waals surface area contributed by atoms with Gasteiger partial charge in [0.15, 0.2) is 5.16 Å². The molecular weight excluding hydrogens is 407 g/mol. The lowest BCUT2D eigenvalue weighted by Gasteiger charge is -2.24. The molecule has 29 heavy (non-hydrogen) atoms. The highest BCUT2D eigenvalue weighted by Gasteiger charge is 2.32. The zero-order valence-electron chi connectivity index (χ0n) is 16.2. The van der Waals surface area contributed by atoms with Gasteiger partial charge in [0.05, 0.1) is 11.4 Å². The van der Waals surface area contributed by atoms with Crippen LogP contribution in [0.25, 0.3) is 5.69 Å². The van der Waals surface area contributed by atoms with E-state index in [9.17, 15) is 9.18 Å². The molecule has 1 aromatic heterocycles. The largest absolute Gasteiger partial charge is 0.325 e. The number of halogens is 1. The highest BCUT2D eigenvalue weighted by Crippen LogP contribution is 2.39. The van der Waals surface area contributed by atoms with Gasteiger partial charge in [0.25, 0.3) is 0 Å². The molecule has 0 aliphatic carbocycles. The lowest BCUT2D eigenvalue weighted by Crippen LogP contribution is -2.32. The first kappa shape index (κ1) is 20.0. The molecule has 0 spiro atoms. The molecule has 150 valence electrons. The number of nitrogens with zero attached hydrogens (tertiary/aromatic N) is 4. The van der Waals surface area contributed by atoms with Gasteiger partial charge in [-0.2, -0.15) is 0 Å². The average Bonchev–Trinajstić information content (AvgIpc) is 3.34. The van der Waals surface area contributed by atoms with Gasteiger partial charge in [-0.15, -0.1) is 22.0 Å². The molecule has 8 heteroatoms. The maximum atomic E-state index is 14.2. The van der Waals surface area contributed by atoms with Gasteiger partial charge >= 0.3 is 0 Å². The van der Waals surface area contributed by atoms with Crippen molar-refractivity contribution in [1.29, 1.82) is 0 Å². The number of amides is 1. The number of aryl methyl sites for hydroxylation is 2. The summed E-state index contributed by atoms with van der Waals surface area (Å²) in [6.45, 7) is 4.55. The summed E-state index contributed by atoms with van der Waals surface area (Å²) in [6.07, 6.45) is 0. The SMILES string of the molecule is Cc1ccccc1-n1c(C)nnc1SCC(=O)N1CCSC1c1ccccc1F. The monoisotopic (exact) mass is 428 g/mol. The summed E-state index contributed by atoms with van der Waals surface area (Å²) in [6, 6.07) is 14.7. The third kappa shape index (κ3) is 4.04. The normalized spacial score (nSPS) is 16.4. The van der Waals surface area contributed by atoms with E-state index in [-0.39, 0.29) is 22.9 Å². The summed E-state index contributed by atoms with van der Waals surface area (Å²) in [4.78, 5) is 14.7. The molecule has 1 atom stereocenters. The van der Waals surface area contributed by atoms with Crippen LogP contribution in [-0.4, -0.2) is 43.6 Å². The van der Waals surface area contributed by atoms with E-state index in [1.54, 1.807) is 28.8 Å². The van der Waals surface area contributed by atoms with Crippen LogP contribution in [0, 0.1) is 19.7 Å². The first-order valence-electron chi connectivity index (χ1n) is 9.32. The van der Waals surface area contributed by atoms with Crippen LogP contribution < -0.4 is 0 Å². The van der Waals surface area contributed by atoms with Crippen LogP contribution in [-0.2, 0) is 4.79 Å². The molecule has 0 N–H and O–H groups in total. The Hall–Kier alpha value is -2.32. The van der Waals surface area contributed by atoms with E-state index in [4.69, 9.17) is 0 Å². The van der Waals surface area contributed by atoms with Gasteiger partial charge in [-0.25, -0.2) is 4.39 Å². The number of hydrogen-bond donors (Lipinski definition) is 0. The van der Waals surface area contributed by atoms with Gasteiger partial charge in [-0.1, -0.05) is 48.2 Å². The summed E-state index contributed by atoms with van der Waals surface area (Å²) < 4.78 is 16.2. The van der Waals surface area contributed by atoms with E-state index in [1.807, 2.05) is 48.7 Å². The molecule has 3 aromatic rings. The summed E-state index contributed by atoms with van der Waals surface area (Å²) in [7, 11) is 0. The highest BCUT2D eigenvalue weighted by molar-refractivity contribution is 8.00. The molecule has 0 saturated carbocycles. The second kappa shape index (κ2) is 8.59. The van der Waals surface area contributed by atoms with Crippen molar-refractivity contribution in [2.45, 2.75) is 24.4 Å². The van der Waals surface area contributed by atoms with E-state index < -0.39 is 0 Å². The predicted molar refractivity (Wildman–Crippen MR) is 115 cm³/mol. The van der Waals surface area contributed by atoms with Gasteiger partial charge in [0, 0.05) is 17.9 Å². The van der Waals surface area contributed by atoms with Crippen molar-refractivity contribution < 1.29 is 9.18 Å². The smallest absolute Gasteiger partial charge is 0.234 e. The van der Waals surface area contributed by atoms with Gasteiger partial charge in [0.2, 0.25) is 5.91 Å². The Kier molecular flexibility index (Phi) is 5.91. The van der Waals surface area contributed by atoms with E-state index >= 15 is 0 Å². The molecule has 4 rings (SSSR count). The van der Waals surface area contributed by atoms with Crippen LogP contribution >= 0.6 is 23.5 Å². The third-order valence-electron chi connectivity index (χ3n) is 4.86. The molecule has 0 radical (unpaired) electrons. The number of thioether (sulfide) groups is 2. The molecule has 2 aromatic carbocycles. The lowest BCUT2D eigenvalue weighted by atomic mass is 10.2. The quantitative estimate of drug-likeness (QED) is 0.564. The third-order valence-corrected chi connectivity index (χ3v) is 7.02. The van der Waals surface area contributed by atoms with E-state index in [0.717, 1.165) is 22.8 Å². The molecule has 5 nitrogen and oxygen atoms in total. The molecule has 1 aliphatic heterocycles. The number of benzene rings is 2. The summed E-state index contributed by atoms with van der Waals surface area (Å²) in [5.74, 6) is 1.51. The summed E-state index contributed by atoms with van der Waals surface area (Å²) in [5, 5.41) is 8.86. The summed E-state index contributed by atoms with van der Waals surface area (Å²) in [5.41, 5.74) is 2.68. The molecular formula is C21H21FN4OS2. The maximum Gasteiger partial charge on any atom is 0.234 e. The van der Waals surface area contributed by atoms with Crippen LogP contribution in [0.4, 0.5) is 4.39 Å². The highest BCUT2D eigenvalue weighted by atomic mass is 32.2. The van der Waals surface area contributed by atoms with Crippen molar-refractivity contribution in [2.75, 3.05) is 18.1 Å². The first-order chi connectivity index (χ1) is 14.1. The number of aromatic nitrogens is 3.